The first-order valence-corrected chi connectivity index (χ1v) is 14.9. The number of aliphatic hydroxyl groups is 1. The fourth-order valence-electron chi connectivity index (χ4n) is 4.87. The van der Waals surface area contributed by atoms with Gasteiger partial charge >= 0.3 is 5.91 Å². The van der Waals surface area contributed by atoms with Gasteiger partial charge in [0, 0.05) is 5.56 Å². The molecular formula is C33H34N2O5S. The van der Waals surface area contributed by atoms with Crippen molar-refractivity contribution in [2.75, 3.05) is 18.1 Å². The van der Waals surface area contributed by atoms with E-state index in [1.165, 1.54) is 16.2 Å². The van der Waals surface area contributed by atoms with Gasteiger partial charge in [0.1, 0.15) is 17.3 Å². The summed E-state index contributed by atoms with van der Waals surface area (Å²) in [5, 5.41) is 11.9. The molecule has 1 aliphatic heterocycles. The summed E-state index contributed by atoms with van der Waals surface area (Å²) in [4.78, 5) is 33.4. The third-order valence-corrected chi connectivity index (χ3v) is 7.99. The first-order valence-electron chi connectivity index (χ1n) is 14.1. The van der Waals surface area contributed by atoms with Gasteiger partial charge in [0.05, 0.1) is 35.0 Å². The highest BCUT2D eigenvalue weighted by Gasteiger charge is 2.48. The van der Waals surface area contributed by atoms with Crippen LogP contribution in [0.15, 0.2) is 72.3 Å². The molecule has 1 unspecified atom stereocenters. The molecule has 5 rings (SSSR count). The minimum Gasteiger partial charge on any atom is -0.507 e. The molecular weight excluding hydrogens is 536 g/mol. The lowest BCUT2D eigenvalue weighted by atomic mass is 9.95. The number of carbonyl (C=O) groups is 2. The number of aromatic nitrogens is 1. The molecule has 7 nitrogen and oxygen atoms in total. The lowest BCUT2D eigenvalue weighted by molar-refractivity contribution is -0.132. The number of hydrogen-bond acceptors (Lipinski definition) is 7. The number of nitrogens with zero attached hydrogens (tertiary/aromatic N) is 2. The van der Waals surface area contributed by atoms with Crippen LogP contribution < -0.4 is 14.4 Å². The fourth-order valence-corrected chi connectivity index (χ4v) is 5.96. The number of benzene rings is 3. The van der Waals surface area contributed by atoms with Crippen LogP contribution in [0.3, 0.4) is 0 Å². The quantitative estimate of drug-likeness (QED) is 0.0865. The third-order valence-electron chi connectivity index (χ3n) is 6.97. The maximum Gasteiger partial charge on any atom is 0.301 e. The summed E-state index contributed by atoms with van der Waals surface area (Å²) in [5.41, 5.74) is 2.90. The van der Waals surface area contributed by atoms with Crippen molar-refractivity contribution in [1.82, 2.24) is 4.98 Å². The van der Waals surface area contributed by atoms with Crippen LogP contribution in [-0.2, 0) is 9.59 Å². The molecule has 1 amide bonds. The van der Waals surface area contributed by atoms with E-state index >= 15 is 0 Å². The smallest absolute Gasteiger partial charge is 0.301 e. The molecule has 0 spiro atoms. The number of anilines is 1. The summed E-state index contributed by atoms with van der Waals surface area (Å²) in [6.07, 6.45) is 3.96. The molecule has 1 N–H and O–H groups in total. The number of Topliss-reactive ketones (excluding diaryl/α,β-unsaturated/α-hetero) is 1. The number of amides is 1. The number of ketones is 1. The van der Waals surface area contributed by atoms with Gasteiger partial charge in [-0.15, -0.1) is 0 Å². The molecule has 41 heavy (non-hydrogen) atoms. The number of hydrogen-bond donors (Lipinski definition) is 1. The minimum atomic E-state index is -0.883. The van der Waals surface area contributed by atoms with Crippen LogP contribution in [-0.4, -0.2) is 35.0 Å². The highest BCUT2D eigenvalue weighted by molar-refractivity contribution is 7.22. The Morgan fingerprint density at radius 3 is 2.46 bits per heavy atom. The van der Waals surface area contributed by atoms with Crippen molar-refractivity contribution in [3.05, 3.63) is 89.0 Å². The Labute approximate surface area is 244 Å². The van der Waals surface area contributed by atoms with E-state index in [0.717, 1.165) is 41.5 Å². The van der Waals surface area contributed by atoms with Gasteiger partial charge in [-0.25, -0.2) is 4.98 Å². The third kappa shape index (κ3) is 5.98. The molecule has 1 fully saturated rings. The van der Waals surface area contributed by atoms with Gasteiger partial charge in [-0.3, -0.25) is 14.5 Å². The van der Waals surface area contributed by atoms with Crippen LogP contribution in [0.1, 0.15) is 62.3 Å². The van der Waals surface area contributed by atoms with E-state index < -0.39 is 17.7 Å². The molecule has 0 saturated carbocycles. The van der Waals surface area contributed by atoms with Crippen molar-refractivity contribution in [3.63, 3.8) is 0 Å². The summed E-state index contributed by atoms with van der Waals surface area (Å²) in [6, 6.07) is 19.2. The summed E-state index contributed by atoms with van der Waals surface area (Å²) >= 11 is 1.35. The zero-order valence-corrected chi connectivity index (χ0v) is 24.4. The van der Waals surface area contributed by atoms with Crippen LogP contribution in [0.25, 0.3) is 16.0 Å². The van der Waals surface area contributed by atoms with Crippen LogP contribution in [0, 0.1) is 6.92 Å². The number of ether oxygens (including phenoxy) is 2. The Morgan fingerprint density at radius 2 is 1.71 bits per heavy atom. The second kappa shape index (κ2) is 12.6. The van der Waals surface area contributed by atoms with E-state index in [1.807, 2.05) is 56.3 Å². The average molecular weight is 571 g/mol. The molecule has 1 aromatic heterocycles. The fraction of sp³-hybridized carbons (Fsp3) is 0.303. The highest BCUT2D eigenvalue weighted by atomic mass is 32.1. The molecule has 0 aliphatic carbocycles. The van der Waals surface area contributed by atoms with E-state index in [2.05, 4.69) is 6.92 Å². The van der Waals surface area contributed by atoms with Crippen molar-refractivity contribution in [2.45, 2.75) is 52.5 Å². The van der Waals surface area contributed by atoms with Crippen LogP contribution in [0.5, 0.6) is 11.5 Å². The van der Waals surface area contributed by atoms with Gasteiger partial charge in [0.15, 0.2) is 5.13 Å². The molecule has 1 aliphatic rings. The number of aliphatic hydroxyl groups excluding tert-OH is 1. The molecule has 1 saturated heterocycles. The Bertz CT molecular complexity index is 1590. The molecule has 8 heteroatoms. The normalized spacial score (nSPS) is 16.5. The number of thiazole rings is 1. The Balaban J connectivity index is 1.60. The maximum atomic E-state index is 13.6. The number of carbonyl (C=O) groups excluding carboxylic acids is 2. The highest BCUT2D eigenvalue weighted by Crippen LogP contribution is 2.45. The molecule has 212 valence electrons. The number of fused-ring (bicyclic) bond motifs is 1. The van der Waals surface area contributed by atoms with E-state index in [4.69, 9.17) is 14.5 Å². The van der Waals surface area contributed by atoms with Crippen LogP contribution in [0.2, 0.25) is 0 Å². The largest absolute Gasteiger partial charge is 0.507 e. The first kappa shape index (κ1) is 28.4. The average Bonchev–Trinajstić information content (AvgIpc) is 3.51. The first-order chi connectivity index (χ1) is 19.9. The summed E-state index contributed by atoms with van der Waals surface area (Å²) < 4.78 is 12.6. The second-order valence-corrected chi connectivity index (χ2v) is 11.1. The molecule has 0 bridgehead atoms. The summed E-state index contributed by atoms with van der Waals surface area (Å²) in [6.45, 7) is 7.31. The monoisotopic (exact) mass is 570 g/mol. The van der Waals surface area contributed by atoms with Gasteiger partial charge in [0.2, 0.25) is 0 Å². The Kier molecular flexibility index (Phi) is 8.69. The zero-order chi connectivity index (χ0) is 28.9. The van der Waals surface area contributed by atoms with Crippen molar-refractivity contribution in [3.8, 4) is 11.5 Å². The number of unbranched alkanes of at least 4 members (excludes halogenated alkanes) is 2. The minimum absolute atomic E-state index is 0.01000. The predicted octanol–water partition coefficient (Wildman–Crippen LogP) is 7.59. The molecule has 1 atom stereocenters. The standard InChI is InChI=1S/C33H34N2O5S/c1-4-6-7-18-40-25-10-8-9-23(20-25)29-28(30(36)22-12-14-24(15-13-22)39-17-5-2)31(37)32(38)35(29)33-34-26-16-11-21(3)19-27(26)41-33/h8-16,19-20,29,36H,4-7,17-18H2,1-3H3. The van der Waals surface area contributed by atoms with E-state index in [1.54, 1.807) is 24.3 Å². The van der Waals surface area contributed by atoms with Crippen molar-refractivity contribution < 1.29 is 24.2 Å². The summed E-state index contributed by atoms with van der Waals surface area (Å²) in [5.74, 6) is -0.434. The van der Waals surface area contributed by atoms with E-state index in [9.17, 15) is 14.7 Å². The SMILES string of the molecule is CCCCCOc1cccc(C2C(=C(O)c3ccc(OCCC)cc3)C(=O)C(=O)N2c2nc3ccc(C)cc3s2)c1. The molecule has 0 radical (unpaired) electrons. The lowest BCUT2D eigenvalue weighted by Crippen LogP contribution is -2.29. The van der Waals surface area contributed by atoms with Crippen LogP contribution in [0.4, 0.5) is 5.13 Å². The van der Waals surface area contributed by atoms with Gasteiger partial charge in [0.25, 0.3) is 5.78 Å². The summed E-state index contributed by atoms with van der Waals surface area (Å²) in [7, 11) is 0. The lowest BCUT2D eigenvalue weighted by Gasteiger charge is -2.23. The van der Waals surface area contributed by atoms with Crippen molar-refractivity contribution in [2.24, 2.45) is 0 Å². The molecule has 2 heterocycles. The maximum absolute atomic E-state index is 13.6. The van der Waals surface area contributed by atoms with E-state index in [-0.39, 0.29) is 11.3 Å². The second-order valence-electron chi connectivity index (χ2n) is 10.1. The van der Waals surface area contributed by atoms with Gasteiger partial charge in [-0.2, -0.15) is 0 Å². The topological polar surface area (TPSA) is 89.0 Å². The van der Waals surface area contributed by atoms with Crippen LogP contribution >= 0.6 is 11.3 Å². The van der Waals surface area contributed by atoms with Gasteiger partial charge in [-0.1, -0.05) is 56.2 Å². The Morgan fingerprint density at radius 1 is 0.927 bits per heavy atom. The number of rotatable bonds is 11. The molecule has 3 aromatic carbocycles. The Hall–Kier alpha value is -4.17. The number of aryl methyl sites for hydroxylation is 1. The predicted molar refractivity (Wildman–Crippen MR) is 163 cm³/mol. The van der Waals surface area contributed by atoms with Gasteiger partial charge in [-0.05, 0) is 79.4 Å². The van der Waals surface area contributed by atoms with Crippen molar-refractivity contribution in [1.29, 1.82) is 0 Å². The van der Waals surface area contributed by atoms with E-state index in [0.29, 0.717) is 41.0 Å². The van der Waals surface area contributed by atoms with Crippen molar-refractivity contribution >= 4 is 44.1 Å². The zero-order valence-electron chi connectivity index (χ0n) is 23.6. The molecule has 4 aromatic rings. The van der Waals surface area contributed by atoms with Gasteiger partial charge < -0.3 is 14.6 Å².